The largest absolute Gasteiger partial charge is 0.481 e. The van der Waals surface area contributed by atoms with Crippen molar-refractivity contribution in [2.24, 2.45) is 11.7 Å². The number of hydrogen-bond donors (Lipinski definition) is 3. The third kappa shape index (κ3) is 5.90. The molecule has 4 N–H and O–H groups in total. The van der Waals surface area contributed by atoms with Crippen LogP contribution in [0.4, 0.5) is 4.79 Å². The molecule has 0 aromatic heterocycles. The van der Waals surface area contributed by atoms with E-state index < -0.39 is 5.97 Å². The van der Waals surface area contributed by atoms with Crippen molar-refractivity contribution in [1.29, 1.82) is 0 Å². The number of unbranched alkanes of at least 4 members (excludes halogenated alkanes) is 3. The predicted molar refractivity (Wildman–Crippen MR) is 73.0 cm³/mol. The van der Waals surface area contributed by atoms with E-state index in [-0.39, 0.29) is 24.3 Å². The number of carbonyl (C=O) groups excluding carboxylic acids is 2. The lowest BCUT2D eigenvalue weighted by molar-refractivity contribution is -0.137. The summed E-state index contributed by atoms with van der Waals surface area (Å²) < 4.78 is 0. The van der Waals surface area contributed by atoms with Gasteiger partial charge < -0.3 is 21.1 Å². The highest BCUT2D eigenvalue weighted by Gasteiger charge is 2.29. The van der Waals surface area contributed by atoms with E-state index in [0.29, 0.717) is 32.5 Å². The summed E-state index contributed by atoms with van der Waals surface area (Å²) in [6.45, 7) is 1.54. The van der Waals surface area contributed by atoms with Gasteiger partial charge in [-0.25, -0.2) is 4.79 Å². The number of hydrogen-bond acceptors (Lipinski definition) is 3. The average Bonchev–Trinajstić information content (AvgIpc) is 2.86. The van der Waals surface area contributed by atoms with Crippen LogP contribution in [0.3, 0.4) is 0 Å². The summed E-state index contributed by atoms with van der Waals surface area (Å²) in [5.41, 5.74) is 5.21. The molecular formula is C13H23N3O4. The minimum atomic E-state index is -0.767. The molecule has 0 aliphatic carbocycles. The molecule has 1 unspecified atom stereocenters. The number of primary amides is 1. The Labute approximate surface area is 118 Å². The van der Waals surface area contributed by atoms with Crippen molar-refractivity contribution in [3.8, 4) is 0 Å². The van der Waals surface area contributed by atoms with Gasteiger partial charge in [0.25, 0.3) is 0 Å². The monoisotopic (exact) mass is 285 g/mol. The van der Waals surface area contributed by atoms with Crippen LogP contribution >= 0.6 is 0 Å². The van der Waals surface area contributed by atoms with Crippen molar-refractivity contribution in [3.05, 3.63) is 0 Å². The topological polar surface area (TPSA) is 113 Å². The number of carboxylic acids is 1. The maximum absolute atomic E-state index is 11.8. The molecule has 0 aromatic rings. The van der Waals surface area contributed by atoms with Crippen molar-refractivity contribution in [2.75, 3.05) is 19.6 Å². The molecule has 1 saturated heterocycles. The molecule has 0 bridgehead atoms. The van der Waals surface area contributed by atoms with E-state index >= 15 is 0 Å². The Bertz CT molecular complexity index is 360. The van der Waals surface area contributed by atoms with Gasteiger partial charge in [0.15, 0.2) is 0 Å². The minimum Gasteiger partial charge on any atom is -0.481 e. The molecule has 0 spiro atoms. The van der Waals surface area contributed by atoms with Gasteiger partial charge in [0.05, 0.1) is 5.92 Å². The normalized spacial score (nSPS) is 18.0. The Kier molecular flexibility index (Phi) is 6.83. The van der Waals surface area contributed by atoms with Crippen LogP contribution in [0.25, 0.3) is 0 Å². The molecule has 114 valence electrons. The van der Waals surface area contributed by atoms with Crippen molar-refractivity contribution >= 4 is 17.9 Å². The molecule has 1 aliphatic heterocycles. The van der Waals surface area contributed by atoms with E-state index in [0.717, 1.165) is 19.3 Å². The number of likely N-dealkylation sites (tertiary alicyclic amines) is 1. The molecule has 1 aliphatic rings. The lowest BCUT2D eigenvalue weighted by Gasteiger charge is -2.16. The lowest BCUT2D eigenvalue weighted by Crippen LogP contribution is -2.39. The first-order valence-corrected chi connectivity index (χ1v) is 7.04. The average molecular weight is 285 g/mol. The summed E-state index contributed by atoms with van der Waals surface area (Å²) in [6, 6.07) is -0.153. The van der Waals surface area contributed by atoms with Gasteiger partial charge in [-0.2, -0.15) is 0 Å². The fraction of sp³-hybridized carbons (Fsp3) is 0.769. The molecule has 1 atom stereocenters. The first kappa shape index (κ1) is 16.3. The third-order valence-corrected chi connectivity index (χ3v) is 3.47. The Morgan fingerprint density at radius 2 is 1.90 bits per heavy atom. The highest BCUT2D eigenvalue weighted by Crippen LogP contribution is 2.15. The van der Waals surface area contributed by atoms with Crippen LogP contribution in [-0.4, -0.2) is 47.5 Å². The second-order valence-corrected chi connectivity index (χ2v) is 5.12. The Morgan fingerprint density at radius 3 is 2.50 bits per heavy atom. The third-order valence-electron chi connectivity index (χ3n) is 3.47. The van der Waals surface area contributed by atoms with E-state index in [2.05, 4.69) is 5.32 Å². The molecule has 1 fully saturated rings. The second-order valence-electron chi connectivity index (χ2n) is 5.12. The number of carbonyl (C=O) groups is 3. The summed E-state index contributed by atoms with van der Waals surface area (Å²) in [5.74, 6) is -1.34. The van der Waals surface area contributed by atoms with Crippen LogP contribution < -0.4 is 11.1 Å². The molecule has 1 rings (SSSR count). The first-order chi connectivity index (χ1) is 9.50. The number of nitrogens with one attached hydrogen (secondary N) is 1. The van der Waals surface area contributed by atoms with Crippen molar-refractivity contribution in [1.82, 2.24) is 10.2 Å². The Morgan fingerprint density at radius 1 is 1.20 bits per heavy atom. The summed E-state index contributed by atoms with van der Waals surface area (Å²) in [6.07, 6.45) is 4.10. The quantitative estimate of drug-likeness (QED) is 0.565. The molecule has 1 heterocycles. The van der Waals surface area contributed by atoms with Gasteiger partial charge in [-0.15, -0.1) is 0 Å². The van der Waals surface area contributed by atoms with Gasteiger partial charge in [-0.05, 0) is 19.3 Å². The smallest absolute Gasteiger partial charge is 0.317 e. The van der Waals surface area contributed by atoms with Crippen LogP contribution in [0, 0.1) is 5.92 Å². The Hall–Kier alpha value is -1.79. The number of carboxylic acid groups (broad SMARTS) is 1. The molecule has 7 nitrogen and oxygen atoms in total. The van der Waals surface area contributed by atoms with Gasteiger partial charge in [0, 0.05) is 26.1 Å². The zero-order valence-corrected chi connectivity index (χ0v) is 11.6. The maximum atomic E-state index is 11.8. The van der Waals surface area contributed by atoms with Gasteiger partial charge in [-0.1, -0.05) is 12.8 Å². The molecule has 3 amide bonds. The van der Waals surface area contributed by atoms with Crippen LogP contribution in [0.15, 0.2) is 0 Å². The predicted octanol–water partition coefficient (Wildman–Crippen LogP) is 0.538. The van der Waals surface area contributed by atoms with Gasteiger partial charge in [-0.3, -0.25) is 9.59 Å². The van der Waals surface area contributed by atoms with Gasteiger partial charge in [0.1, 0.15) is 0 Å². The molecule has 0 saturated carbocycles. The van der Waals surface area contributed by atoms with E-state index in [4.69, 9.17) is 10.8 Å². The maximum Gasteiger partial charge on any atom is 0.317 e. The zero-order chi connectivity index (χ0) is 15.0. The number of nitrogens with zero attached hydrogens (tertiary/aromatic N) is 1. The highest BCUT2D eigenvalue weighted by atomic mass is 16.4. The summed E-state index contributed by atoms with van der Waals surface area (Å²) in [7, 11) is 0. The molecule has 7 heteroatoms. The first-order valence-electron chi connectivity index (χ1n) is 7.04. The number of amides is 3. The van der Waals surface area contributed by atoms with E-state index in [1.165, 1.54) is 0 Å². The number of nitrogens with two attached hydrogens (primary N) is 1. The van der Waals surface area contributed by atoms with Crippen LogP contribution in [0.1, 0.15) is 38.5 Å². The molecule has 0 aromatic carbocycles. The minimum absolute atomic E-state index is 0.153. The summed E-state index contributed by atoms with van der Waals surface area (Å²) in [5, 5.41) is 11.3. The van der Waals surface area contributed by atoms with Crippen molar-refractivity contribution < 1.29 is 19.5 Å². The second kappa shape index (κ2) is 8.39. The number of aliphatic carboxylic acids is 1. The highest BCUT2D eigenvalue weighted by molar-refractivity contribution is 5.80. The van der Waals surface area contributed by atoms with Crippen LogP contribution in [0.2, 0.25) is 0 Å². The Balaban J connectivity index is 2.03. The van der Waals surface area contributed by atoms with Crippen LogP contribution in [-0.2, 0) is 9.59 Å². The molecular weight excluding hydrogens is 262 g/mol. The van der Waals surface area contributed by atoms with E-state index in [1.807, 2.05) is 0 Å². The summed E-state index contributed by atoms with van der Waals surface area (Å²) >= 11 is 0. The van der Waals surface area contributed by atoms with Crippen LogP contribution in [0.5, 0.6) is 0 Å². The van der Waals surface area contributed by atoms with Gasteiger partial charge in [0.2, 0.25) is 5.91 Å². The SMILES string of the molecule is NC(=O)C1CCN(C(=O)NCCCCCCC(=O)O)C1. The van der Waals surface area contributed by atoms with E-state index in [1.54, 1.807) is 4.90 Å². The standard InChI is InChI=1S/C13H23N3O4/c14-12(19)10-6-8-16(9-10)13(20)15-7-4-2-1-3-5-11(17)18/h10H,1-9H2,(H2,14,19)(H,15,20)(H,17,18). The van der Waals surface area contributed by atoms with Gasteiger partial charge >= 0.3 is 12.0 Å². The van der Waals surface area contributed by atoms with Crippen molar-refractivity contribution in [3.63, 3.8) is 0 Å². The molecule has 0 radical (unpaired) electrons. The lowest BCUT2D eigenvalue weighted by atomic mass is 10.1. The van der Waals surface area contributed by atoms with Crippen molar-refractivity contribution in [2.45, 2.75) is 38.5 Å². The summed E-state index contributed by atoms with van der Waals surface area (Å²) in [4.78, 5) is 34.7. The number of urea groups is 1. The van der Waals surface area contributed by atoms with E-state index in [9.17, 15) is 14.4 Å². The fourth-order valence-electron chi connectivity index (χ4n) is 2.24. The zero-order valence-electron chi connectivity index (χ0n) is 11.6. The number of rotatable bonds is 8. The molecule has 20 heavy (non-hydrogen) atoms. The fourth-order valence-corrected chi connectivity index (χ4v) is 2.24.